The van der Waals surface area contributed by atoms with Crippen LogP contribution in [0.25, 0.3) is 0 Å². The number of rotatable bonds is 6. The Morgan fingerprint density at radius 2 is 2.27 bits per heavy atom. The second kappa shape index (κ2) is 7.67. The number of carbonyl (C=O) groups excluding carboxylic acids is 1. The number of carbonyl (C=O) groups is 1. The van der Waals surface area contributed by atoms with E-state index in [9.17, 15) is 4.79 Å². The molecule has 1 amide bonds. The molecule has 0 saturated carbocycles. The van der Waals surface area contributed by atoms with Crippen LogP contribution in [0.15, 0.2) is 42.6 Å². The van der Waals surface area contributed by atoms with Gasteiger partial charge in [0.25, 0.3) is 5.91 Å². The van der Waals surface area contributed by atoms with Crippen molar-refractivity contribution in [2.75, 3.05) is 26.7 Å². The second-order valence-electron chi connectivity index (χ2n) is 8.93. The maximum Gasteiger partial charge on any atom is 0.270 e. The molecule has 0 aliphatic carbocycles. The van der Waals surface area contributed by atoms with E-state index in [4.69, 9.17) is 9.47 Å². The summed E-state index contributed by atoms with van der Waals surface area (Å²) in [7, 11) is 1.70. The van der Waals surface area contributed by atoms with E-state index in [0.717, 1.165) is 43.8 Å². The molecule has 1 N–H and O–H groups in total. The number of fused-ring (bicyclic) bond motifs is 1. The smallest absolute Gasteiger partial charge is 0.270 e. The van der Waals surface area contributed by atoms with Crippen molar-refractivity contribution in [3.63, 3.8) is 0 Å². The van der Waals surface area contributed by atoms with E-state index in [0.29, 0.717) is 24.1 Å². The van der Waals surface area contributed by atoms with Crippen molar-refractivity contribution in [2.45, 2.75) is 38.0 Å². The molecule has 6 nitrogen and oxygen atoms in total. The molecule has 3 aliphatic rings. The van der Waals surface area contributed by atoms with Crippen molar-refractivity contribution >= 4 is 5.91 Å². The second-order valence-corrected chi connectivity index (χ2v) is 8.93. The minimum Gasteiger partial charge on any atom is -0.497 e. The third-order valence-corrected chi connectivity index (χ3v) is 7.12. The van der Waals surface area contributed by atoms with Crippen molar-refractivity contribution < 1.29 is 14.3 Å². The van der Waals surface area contributed by atoms with Gasteiger partial charge in [-0.2, -0.15) is 0 Å². The molecule has 6 heteroatoms. The van der Waals surface area contributed by atoms with Crippen LogP contribution in [0.3, 0.4) is 0 Å². The van der Waals surface area contributed by atoms with Crippen LogP contribution in [0.2, 0.25) is 0 Å². The molecule has 3 fully saturated rings. The number of pyridine rings is 1. The summed E-state index contributed by atoms with van der Waals surface area (Å²) in [6.07, 6.45) is 4.15. The Labute approximate surface area is 177 Å². The molecule has 0 radical (unpaired) electrons. The van der Waals surface area contributed by atoms with E-state index in [1.807, 2.05) is 31.2 Å². The van der Waals surface area contributed by atoms with Gasteiger partial charge >= 0.3 is 0 Å². The molecule has 4 heterocycles. The Morgan fingerprint density at radius 3 is 3.10 bits per heavy atom. The van der Waals surface area contributed by atoms with Crippen molar-refractivity contribution in [3.05, 3.63) is 59.4 Å². The molecule has 2 bridgehead atoms. The highest BCUT2D eigenvalue weighted by Crippen LogP contribution is 2.54. The zero-order valence-corrected chi connectivity index (χ0v) is 17.6. The highest BCUT2D eigenvalue weighted by atomic mass is 16.5. The van der Waals surface area contributed by atoms with Crippen LogP contribution in [-0.4, -0.2) is 54.2 Å². The van der Waals surface area contributed by atoms with Gasteiger partial charge in [0.15, 0.2) is 0 Å². The minimum atomic E-state index is -0.0869. The first-order valence-electron chi connectivity index (χ1n) is 10.8. The first-order chi connectivity index (χ1) is 14.6. The third-order valence-electron chi connectivity index (χ3n) is 7.12. The van der Waals surface area contributed by atoms with Gasteiger partial charge in [0.1, 0.15) is 11.4 Å². The number of amides is 1. The average molecular weight is 408 g/mol. The molecule has 2 aromatic rings. The number of hydrogen-bond donors (Lipinski definition) is 1. The average Bonchev–Trinajstić information content (AvgIpc) is 3.40. The number of nitrogens with one attached hydrogen (secondary N) is 1. The Bertz CT molecular complexity index is 949. The maximum absolute atomic E-state index is 12.6. The van der Waals surface area contributed by atoms with Crippen LogP contribution in [-0.2, 0) is 11.3 Å². The lowest BCUT2D eigenvalue weighted by atomic mass is 9.73. The van der Waals surface area contributed by atoms with Crippen LogP contribution < -0.4 is 10.1 Å². The number of benzene rings is 1. The molecule has 3 saturated heterocycles. The summed E-state index contributed by atoms with van der Waals surface area (Å²) < 4.78 is 11.9. The molecule has 4 atom stereocenters. The molecule has 1 aromatic heterocycles. The summed E-state index contributed by atoms with van der Waals surface area (Å²) in [5.74, 6) is 1.64. The predicted octanol–water partition coefficient (Wildman–Crippen LogP) is 2.81. The standard InChI is InChI=1S/C24H29N3O3/c1-16-5-4-10-25-22(16)23(28)26-12-19-20-14-27(15-24(20)9-8-21(19)30-24)13-17-6-3-7-18(11-17)29-2/h3-7,10-11,19-21H,8-9,12-15H2,1-2H3,(H,26,28)/t19-,20+,21+,24+/m0/s1. The van der Waals surface area contributed by atoms with Gasteiger partial charge in [-0.15, -0.1) is 0 Å². The number of aromatic nitrogens is 1. The Balaban J connectivity index is 1.25. The normalized spacial score (nSPS) is 29.7. The van der Waals surface area contributed by atoms with Crippen molar-refractivity contribution in [2.24, 2.45) is 11.8 Å². The Kier molecular flexibility index (Phi) is 4.99. The largest absolute Gasteiger partial charge is 0.497 e. The van der Waals surface area contributed by atoms with Crippen LogP contribution >= 0.6 is 0 Å². The Hall–Kier alpha value is -2.44. The zero-order valence-electron chi connectivity index (χ0n) is 17.6. The van der Waals surface area contributed by atoms with E-state index in [1.54, 1.807) is 13.3 Å². The summed E-state index contributed by atoms with van der Waals surface area (Å²) in [5, 5.41) is 3.14. The van der Waals surface area contributed by atoms with Gasteiger partial charge in [-0.05, 0) is 49.1 Å². The van der Waals surface area contributed by atoms with Crippen molar-refractivity contribution in [1.82, 2.24) is 15.2 Å². The molecule has 5 rings (SSSR count). The molecule has 1 spiro atoms. The summed E-state index contributed by atoms with van der Waals surface area (Å²) in [5.41, 5.74) is 2.64. The lowest BCUT2D eigenvalue weighted by Crippen LogP contribution is -2.42. The molecular formula is C24H29N3O3. The predicted molar refractivity (Wildman–Crippen MR) is 113 cm³/mol. The fourth-order valence-corrected chi connectivity index (χ4v) is 5.73. The van der Waals surface area contributed by atoms with E-state index in [2.05, 4.69) is 27.3 Å². The van der Waals surface area contributed by atoms with Gasteiger partial charge in [-0.25, -0.2) is 0 Å². The summed E-state index contributed by atoms with van der Waals surface area (Å²) in [6.45, 7) is 5.45. The number of ether oxygens (including phenoxy) is 2. The Morgan fingerprint density at radius 1 is 1.37 bits per heavy atom. The van der Waals surface area contributed by atoms with Crippen molar-refractivity contribution in [1.29, 1.82) is 0 Å². The highest BCUT2D eigenvalue weighted by molar-refractivity contribution is 5.93. The molecule has 1 aromatic carbocycles. The number of methoxy groups -OCH3 is 1. The molecule has 30 heavy (non-hydrogen) atoms. The van der Waals surface area contributed by atoms with Gasteiger partial charge in [0, 0.05) is 44.2 Å². The van der Waals surface area contributed by atoms with Gasteiger partial charge in [0.05, 0.1) is 18.8 Å². The number of aryl methyl sites for hydroxylation is 1. The SMILES string of the molecule is COc1cccc(CN2C[C@@H]3[C@H](CNC(=O)c4ncccc4C)[C@H]4CC[C@]3(C2)O4)c1. The van der Waals surface area contributed by atoms with Gasteiger partial charge in [-0.3, -0.25) is 14.7 Å². The van der Waals surface area contributed by atoms with Gasteiger partial charge in [-0.1, -0.05) is 18.2 Å². The topological polar surface area (TPSA) is 63.7 Å². The summed E-state index contributed by atoms with van der Waals surface area (Å²) in [4.78, 5) is 19.4. The summed E-state index contributed by atoms with van der Waals surface area (Å²) in [6, 6.07) is 12.1. The molecule has 0 unspecified atom stereocenters. The third kappa shape index (κ3) is 3.38. The first kappa shape index (κ1) is 19.5. The fraction of sp³-hybridized carbons (Fsp3) is 0.500. The zero-order chi connectivity index (χ0) is 20.7. The minimum absolute atomic E-state index is 0.0418. The van der Waals surface area contributed by atoms with E-state index >= 15 is 0 Å². The van der Waals surface area contributed by atoms with E-state index in [1.165, 1.54) is 5.56 Å². The lowest BCUT2D eigenvalue weighted by Gasteiger charge is -2.29. The highest BCUT2D eigenvalue weighted by Gasteiger charge is 2.62. The monoisotopic (exact) mass is 407 g/mol. The fourth-order valence-electron chi connectivity index (χ4n) is 5.73. The van der Waals surface area contributed by atoms with Gasteiger partial charge in [0.2, 0.25) is 0 Å². The number of nitrogens with zero attached hydrogens (tertiary/aromatic N) is 2. The lowest BCUT2D eigenvalue weighted by molar-refractivity contribution is 0.00212. The van der Waals surface area contributed by atoms with Crippen molar-refractivity contribution in [3.8, 4) is 5.75 Å². The van der Waals surface area contributed by atoms with Gasteiger partial charge < -0.3 is 14.8 Å². The first-order valence-corrected chi connectivity index (χ1v) is 10.8. The molecule has 158 valence electrons. The van der Waals surface area contributed by atoms with Crippen LogP contribution in [0.5, 0.6) is 5.75 Å². The van der Waals surface area contributed by atoms with Crippen LogP contribution in [0, 0.1) is 18.8 Å². The quantitative estimate of drug-likeness (QED) is 0.798. The van der Waals surface area contributed by atoms with E-state index in [-0.39, 0.29) is 17.6 Å². The van der Waals surface area contributed by atoms with Crippen LogP contribution in [0.1, 0.15) is 34.5 Å². The van der Waals surface area contributed by atoms with E-state index < -0.39 is 0 Å². The summed E-state index contributed by atoms with van der Waals surface area (Å²) >= 11 is 0. The molecular weight excluding hydrogens is 378 g/mol. The molecule has 3 aliphatic heterocycles. The number of hydrogen-bond acceptors (Lipinski definition) is 5. The maximum atomic E-state index is 12.6. The van der Waals surface area contributed by atoms with Crippen LogP contribution in [0.4, 0.5) is 0 Å². The number of likely N-dealkylation sites (tertiary alicyclic amines) is 1.